The van der Waals surface area contributed by atoms with E-state index in [2.05, 4.69) is 40.4 Å². The topological polar surface area (TPSA) is 66.5 Å². The maximum atomic E-state index is 12.4. The molecule has 0 amide bonds. The lowest BCUT2D eigenvalue weighted by Gasteiger charge is -2.37. The summed E-state index contributed by atoms with van der Waals surface area (Å²) in [6, 6.07) is 11.2. The summed E-state index contributed by atoms with van der Waals surface area (Å²) < 4.78 is 28.4. The molecule has 0 N–H and O–H groups in total. The second-order valence-electron chi connectivity index (χ2n) is 9.65. The van der Waals surface area contributed by atoms with Crippen molar-refractivity contribution in [3.63, 3.8) is 0 Å². The molecule has 35 heavy (non-hydrogen) atoms. The number of carbonyl (C=O) groups is 1. The summed E-state index contributed by atoms with van der Waals surface area (Å²) in [7, 11) is 2.67. The van der Waals surface area contributed by atoms with Gasteiger partial charge in [0.05, 0.1) is 40.2 Å². The van der Waals surface area contributed by atoms with Gasteiger partial charge in [0, 0.05) is 23.4 Å². The lowest BCUT2D eigenvalue weighted by molar-refractivity contribution is -0.138. The summed E-state index contributed by atoms with van der Waals surface area (Å²) in [6.07, 6.45) is 0. The van der Waals surface area contributed by atoms with Crippen LogP contribution in [0.4, 0.5) is 11.4 Å². The normalized spacial score (nSPS) is 11.5. The Morgan fingerprint density at radius 2 is 1.60 bits per heavy atom. The van der Waals surface area contributed by atoms with E-state index < -0.39 is 14.3 Å². The number of hydrogen-bond acceptors (Lipinski definition) is 7. The lowest BCUT2D eigenvalue weighted by Crippen LogP contribution is -2.44. The van der Waals surface area contributed by atoms with Gasteiger partial charge in [-0.05, 0) is 49.3 Å². The quantitative estimate of drug-likeness (QED) is 0.202. The van der Waals surface area contributed by atoms with Crippen LogP contribution in [-0.4, -0.2) is 48.8 Å². The molecule has 2 rings (SSSR count). The number of methoxy groups -OCH3 is 3. The Kier molecular flexibility index (Phi) is 9.26. The lowest BCUT2D eigenvalue weighted by atomic mass is 10.1. The van der Waals surface area contributed by atoms with E-state index in [-0.39, 0.29) is 18.2 Å². The molecular formula is C27H39NO6Si. The highest BCUT2D eigenvalue weighted by molar-refractivity contribution is 6.74. The molecular weight excluding hydrogens is 462 g/mol. The fourth-order valence-corrected chi connectivity index (χ4v) is 4.17. The van der Waals surface area contributed by atoms with E-state index in [9.17, 15) is 4.79 Å². The summed E-state index contributed by atoms with van der Waals surface area (Å²) in [5, 5.41) is 0.00506. The highest BCUT2D eigenvalue weighted by Gasteiger charge is 2.39. The number of carbonyl (C=O) groups excluding carboxylic acids is 1. The van der Waals surface area contributed by atoms with E-state index in [0.717, 1.165) is 11.4 Å². The van der Waals surface area contributed by atoms with Crippen LogP contribution in [-0.2, 0) is 9.53 Å². The zero-order valence-corrected chi connectivity index (χ0v) is 23.5. The minimum absolute atomic E-state index is 0.00506. The summed E-state index contributed by atoms with van der Waals surface area (Å²) >= 11 is 0. The summed E-state index contributed by atoms with van der Waals surface area (Å²) in [5.41, 5.74) is 1.84. The molecule has 0 bridgehead atoms. The molecule has 0 unspecified atom stereocenters. The molecule has 0 radical (unpaired) electrons. The second-order valence-corrected chi connectivity index (χ2v) is 14.4. The van der Waals surface area contributed by atoms with E-state index in [0.29, 0.717) is 28.6 Å². The molecule has 0 spiro atoms. The van der Waals surface area contributed by atoms with E-state index >= 15 is 0 Å². The minimum atomic E-state index is -2.15. The summed E-state index contributed by atoms with van der Waals surface area (Å²) in [5.74, 6) is 2.09. The third kappa shape index (κ3) is 6.72. The Hall–Kier alpha value is -3.13. The van der Waals surface area contributed by atoms with Crippen LogP contribution in [0.2, 0.25) is 18.1 Å². The molecule has 2 aromatic rings. The van der Waals surface area contributed by atoms with Crippen molar-refractivity contribution >= 4 is 25.7 Å². The summed E-state index contributed by atoms with van der Waals surface area (Å²) in [4.78, 5) is 14.4. The molecule has 7 nitrogen and oxygen atoms in total. The largest absolute Gasteiger partial charge is 0.541 e. The van der Waals surface area contributed by atoms with Crippen LogP contribution in [0.3, 0.4) is 0 Å². The molecule has 2 aromatic carbocycles. The van der Waals surface area contributed by atoms with Crippen molar-refractivity contribution in [2.45, 2.75) is 45.8 Å². The molecule has 0 atom stereocenters. The number of nitrogens with zero attached hydrogens (tertiary/aromatic N) is 1. The van der Waals surface area contributed by atoms with Crippen molar-refractivity contribution in [2.75, 3.05) is 39.4 Å². The molecule has 0 aromatic heterocycles. The van der Waals surface area contributed by atoms with Gasteiger partial charge in [-0.25, -0.2) is 4.79 Å². The van der Waals surface area contributed by atoms with Gasteiger partial charge in [-0.3, -0.25) is 0 Å². The third-order valence-electron chi connectivity index (χ3n) is 6.22. The predicted octanol–water partition coefficient (Wildman–Crippen LogP) is 6.35. The van der Waals surface area contributed by atoms with Crippen LogP contribution < -0.4 is 23.5 Å². The van der Waals surface area contributed by atoms with E-state index in [1.54, 1.807) is 34.3 Å². The Bertz CT molecular complexity index is 1040. The van der Waals surface area contributed by atoms with Crippen molar-refractivity contribution in [1.82, 2.24) is 0 Å². The minimum Gasteiger partial charge on any atom is -0.541 e. The molecule has 0 heterocycles. The van der Waals surface area contributed by atoms with E-state index in [1.807, 2.05) is 35.2 Å². The predicted molar refractivity (Wildman–Crippen MR) is 143 cm³/mol. The third-order valence-corrected chi connectivity index (χ3v) is 10.6. The maximum Gasteiger partial charge on any atom is 0.335 e. The first-order valence-electron chi connectivity index (χ1n) is 11.6. The van der Waals surface area contributed by atoms with Gasteiger partial charge in [0.1, 0.15) is 17.2 Å². The van der Waals surface area contributed by atoms with Crippen LogP contribution in [0, 0.1) is 0 Å². The zero-order chi connectivity index (χ0) is 26.4. The number of benzene rings is 2. The highest BCUT2D eigenvalue weighted by Crippen LogP contribution is 2.43. The van der Waals surface area contributed by atoms with Crippen molar-refractivity contribution in [2.24, 2.45) is 0 Å². The van der Waals surface area contributed by atoms with Gasteiger partial charge < -0.3 is 28.3 Å². The second kappa shape index (κ2) is 11.5. The summed E-state index contributed by atoms with van der Waals surface area (Å²) in [6.45, 7) is 17.1. The molecule has 0 saturated carbocycles. The van der Waals surface area contributed by atoms with Gasteiger partial charge in [-0.2, -0.15) is 0 Å². The molecule has 8 heteroatoms. The van der Waals surface area contributed by atoms with E-state index in [4.69, 9.17) is 23.4 Å². The van der Waals surface area contributed by atoms with Crippen molar-refractivity contribution in [1.29, 1.82) is 0 Å². The number of esters is 1. The number of anilines is 2. The fraction of sp³-hybridized carbons (Fsp3) is 0.444. The van der Waals surface area contributed by atoms with E-state index in [1.165, 1.54) is 0 Å². The van der Waals surface area contributed by atoms with Crippen LogP contribution in [0.5, 0.6) is 23.0 Å². The number of rotatable bonds is 11. The van der Waals surface area contributed by atoms with Gasteiger partial charge in [0.25, 0.3) is 8.32 Å². The van der Waals surface area contributed by atoms with Crippen LogP contribution in [0.25, 0.3) is 0 Å². The van der Waals surface area contributed by atoms with Gasteiger partial charge in [-0.15, -0.1) is 0 Å². The molecule has 0 saturated heterocycles. The van der Waals surface area contributed by atoms with Crippen LogP contribution >= 0.6 is 0 Å². The molecule has 0 aliphatic heterocycles. The Morgan fingerprint density at radius 3 is 2.14 bits per heavy atom. The zero-order valence-electron chi connectivity index (χ0n) is 22.5. The Labute approximate surface area is 210 Å². The van der Waals surface area contributed by atoms with Crippen molar-refractivity contribution in [3.05, 3.63) is 48.6 Å². The molecule has 192 valence electrons. The number of hydrogen-bond donors (Lipinski definition) is 0. The standard InChI is InChI=1S/C27H39NO6Si/c1-11-33-26(29)19(2)18-28(22-14-13-21(30-6)17-24(22)32-8)20-12-15-23(31-7)25(16-20)34-35(9,10)27(3,4)5/h12-17H,2,11,18H2,1,3-10H3. The average Bonchev–Trinajstić information content (AvgIpc) is 2.81. The SMILES string of the molecule is C=C(CN(c1ccc(OC)c(O[Si](C)(C)C(C)(C)C)c1)c1ccc(OC)cc1OC)C(=O)OCC. The van der Waals surface area contributed by atoms with Crippen molar-refractivity contribution < 1.29 is 28.2 Å². The molecule has 0 aliphatic carbocycles. The average molecular weight is 502 g/mol. The van der Waals surface area contributed by atoms with Gasteiger partial charge in [0.15, 0.2) is 5.75 Å². The van der Waals surface area contributed by atoms with Crippen LogP contribution in [0.1, 0.15) is 27.7 Å². The smallest absolute Gasteiger partial charge is 0.335 e. The van der Waals surface area contributed by atoms with Crippen molar-refractivity contribution in [3.8, 4) is 23.0 Å². The molecule has 0 fully saturated rings. The first kappa shape index (κ1) is 28.1. The van der Waals surface area contributed by atoms with Gasteiger partial charge in [-0.1, -0.05) is 27.4 Å². The first-order valence-corrected chi connectivity index (χ1v) is 14.5. The monoisotopic (exact) mass is 501 g/mol. The molecule has 0 aliphatic rings. The number of ether oxygens (including phenoxy) is 4. The maximum absolute atomic E-state index is 12.4. The first-order chi connectivity index (χ1) is 16.4. The Morgan fingerprint density at radius 1 is 0.943 bits per heavy atom. The Balaban J connectivity index is 2.64. The fourth-order valence-electron chi connectivity index (χ4n) is 3.15. The highest BCUT2D eigenvalue weighted by atomic mass is 28.4. The van der Waals surface area contributed by atoms with Gasteiger partial charge >= 0.3 is 5.97 Å². The van der Waals surface area contributed by atoms with Gasteiger partial charge in [0.2, 0.25) is 0 Å². The van der Waals surface area contributed by atoms with Crippen LogP contribution in [0.15, 0.2) is 48.6 Å².